The van der Waals surface area contributed by atoms with Gasteiger partial charge in [0.2, 0.25) is 11.8 Å². The summed E-state index contributed by atoms with van der Waals surface area (Å²) >= 11 is 6.07. The number of imide groups is 2. The van der Waals surface area contributed by atoms with Crippen molar-refractivity contribution in [3.05, 3.63) is 47.1 Å². The van der Waals surface area contributed by atoms with E-state index in [0.29, 0.717) is 11.1 Å². The molecule has 2 N–H and O–H groups in total. The van der Waals surface area contributed by atoms with Crippen molar-refractivity contribution < 1.29 is 19.2 Å². The van der Waals surface area contributed by atoms with Gasteiger partial charge < -0.3 is 0 Å². The second kappa shape index (κ2) is 6.21. The molecule has 1 aromatic heterocycles. The van der Waals surface area contributed by atoms with Gasteiger partial charge in [-0.15, -0.1) is 0 Å². The van der Waals surface area contributed by atoms with Crippen LogP contribution in [0.2, 0.25) is 5.15 Å². The van der Waals surface area contributed by atoms with E-state index in [-0.39, 0.29) is 5.15 Å². The predicted octanol–water partition coefficient (Wildman–Crippen LogP) is 1.45. The van der Waals surface area contributed by atoms with E-state index in [2.05, 4.69) is 4.98 Å². The molecular weight excluding hydrogens is 334 g/mol. The number of nitrogens with zero attached hydrogens (tertiary/aromatic N) is 1. The molecule has 0 unspecified atom stereocenters. The molecule has 1 aromatic carbocycles. The molecule has 1 saturated heterocycles. The molecule has 0 saturated carbocycles. The van der Waals surface area contributed by atoms with Gasteiger partial charge in [-0.3, -0.25) is 25.0 Å². The zero-order valence-electron chi connectivity index (χ0n) is 12.1. The lowest BCUT2D eigenvalue weighted by Crippen LogP contribution is -2.57. The molecular formula is C16H10ClN3O4. The summed E-state index contributed by atoms with van der Waals surface area (Å²) in [7, 11) is 0. The standard InChI is InChI=1S/C16H10ClN3O4/c17-13-9(7-8-3-1-2-4-10(8)18-13)5-6-11(21)12-14(22)19-16(24)20-15(12)23/h1-7,12H,(H2,19,20,22,23,24)/b6-5+. The van der Waals surface area contributed by atoms with Gasteiger partial charge in [-0.25, -0.2) is 9.78 Å². The van der Waals surface area contributed by atoms with Crippen molar-refractivity contribution in [3.8, 4) is 0 Å². The lowest BCUT2D eigenvalue weighted by molar-refractivity contribution is -0.140. The fourth-order valence-electron chi connectivity index (χ4n) is 2.27. The largest absolute Gasteiger partial charge is 0.328 e. The Bertz CT molecular complexity index is 903. The summed E-state index contributed by atoms with van der Waals surface area (Å²) in [6.07, 6.45) is 2.44. The van der Waals surface area contributed by atoms with Crippen LogP contribution in [0.4, 0.5) is 4.79 Å². The number of hydrogen-bond donors (Lipinski definition) is 2. The van der Waals surface area contributed by atoms with E-state index < -0.39 is 29.5 Å². The number of hydrogen-bond acceptors (Lipinski definition) is 5. The number of urea groups is 1. The average molecular weight is 344 g/mol. The molecule has 1 fully saturated rings. The topological polar surface area (TPSA) is 105 Å². The Morgan fingerprint density at radius 3 is 2.50 bits per heavy atom. The van der Waals surface area contributed by atoms with Gasteiger partial charge in [0, 0.05) is 10.9 Å². The van der Waals surface area contributed by atoms with E-state index in [4.69, 9.17) is 11.6 Å². The van der Waals surface area contributed by atoms with Crippen molar-refractivity contribution in [3.63, 3.8) is 0 Å². The summed E-state index contributed by atoms with van der Waals surface area (Å²) in [6.45, 7) is 0. The zero-order valence-corrected chi connectivity index (χ0v) is 12.8. The van der Waals surface area contributed by atoms with Crippen molar-refractivity contribution in [2.24, 2.45) is 5.92 Å². The smallest absolute Gasteiger partial charge is 0.293 e. The molecule has 0 atom stereocenters. The highest BCUT2D eigenvalue weighted by atomic mass is 35.5. The number of para-hydroxylation sites is 1. The normalized spacial score (nSPS) is 15.6. The number of nitrogens with one attached hydrogen (secondary N) is 2. The average Bonchev–Trinajstić information content (AvgIpc) is 2.51. The summed E-state index contributed by atoms with van der Waals surface area (Å²) in [6, 6.07) is 8.09. The number of pyridine rings is 1. The molecule has 1 aliphatic rings. The van der Waals surface area contributed by atoms with Gasteiger partial charge in [-0.05, 0) is 24.3 Å². The Balaban J connectivity index is 1.86. The first-order valence-corrected chi connectivity index (χ1v) is 7.26. The highest BCUT2D eigenvalue weighted by Gasteiger charge is 2.38. The van der Waals surface area contributed by atoms with Crippen LogP contribution in [0.1, 0.15) is 5.56 Å². The van der Waals surface area contributed by atoms with Crippen molar-refractivity contribution in [1.82, 2.24) is 15.6 Å². The Morgan fingerprint density at radius 2 is 1.79 bits per heavy atom. The second-order valence-corrected chi connectivity index (χ2v) is 5.40. The molecule has 8 heteroatoms. The molecule has 0 bridgehead atoms. The highest BCUT2D eigenvalue weighted by Crippen LogP contribution is 2.21. The number of halogens is 1. The van der Waals surface area contributed by atoms with Crippen molar-refractivity contribution >= 4 is 52.2 Å². The maximum absolute atomic E-state index is 12.1. The number of amides is 4. The fraction of sp³-hybridized carbons (Fsp3) is 0.0625. The second-order valence-electron chi connectivity index (χ2n) is 5.04. The number of carbonyl (C=O) groups excluding carboxylic acids is 4. The molecule has 0 spiro atoms. The lowest BCUT2D eigenvalue weighted by Gasteiger charge is -2.18. The van der Waals surface area contributed by atoms with Crippen LogP contribution in [0, 0.1) is 5.92 Å². The third-order valence-electron chi connectivity index (χ3n) is 3.41. The van der Waals surface area contributed by atoms with E-state index in [1.165, 1.54) is 6.08 Å². The van der Waals surface area contributed by atoms with Crippen LogP contribution in [0.25, 0.3) is 17.0 Å². The van der Waals surface area contributed by atoms with Gasteiger partial charge in [0.05, 0.1) is 5.52 Å². The molecule has 1 aliphatic heterocycles. The number of carbonyl (C=O) groups is 4. The van der Waals surface area contributed by atoms with E-state index in [1.54, 1.807) is 12.1 Å². The van der Waals surface area contributed by atoms with Crippen LogP contribution in [-0.4, -0.2) is 28.6 Å². The molecule has 2 aromatic rings. The number of ketones is 1. The first kappa shape index (κ1) is 15.8. The maximum atomic E-state index is 12.1. The molecule has 24 heavy (non-hydrogen) atoms. The van der Waals surface area contributed by atoms with Crippen molar-refractivity contribution in [1.29, 1.82) is 0 Å². The molecule has 0 radical (unpaired) electrons. The number of allylic oxidation sites excluding steroid dienone is 1. The Labute approximate surface area is 140 Å². The van der Waals surface area contributed by atoms with Gasteiger partial charge in [0.25, 0.3) is 0 Å². The third kappa shape index (κ3) is 3.02. The van der Waals surface area contributed by atoms with Crippen molar-refractivity contribution in [2.75, 3.05) is 0 Å². The third-order valence-corrected chi connectivity index (χ3v) is 3.72. The Morgan fingerprint density at radius 1 is 1.12 bits per heavy atom. The quantitative estimate of drug-likeness (QED) is 0.498. The first-order valence-electron chi connectivity index (χ1n) is 6.88. The van der Waals surface area contributed by atoms with E-state index in [9.17, 15) is 19.2 Å². The SMILES string of the molecule is O=C1NC(=O)C(C(=O)/C=C/c2cc3ccccc3nc2Cl)C(=O)N1. The molecule has 7 nitrogen and oxygen atoms in total. The van der Waals surface area contributed by atoms with Gasteiger partial charge in [0.1, 0.15) is 5.15 Å². The Hall–Kier alpha value is -3.06. The van der Waals surface area contributed by atoms with Crippen molar-refractivity contribution in [2.45, 2.75) is 0 Å². The molecule has 4 amide bonds. The van der Waals surface area contributed by atoms with Crippen LogP contribution in [0.15, 0.2) is 36.4 Å². The van der Waals surface area contributed by atoms with Gasteiger partial charge >= 0.3 is 6.03 Å². The van der Waals surface area contributed by atoms with Crippen LogP contribution in [0.3, 0.4) is 0 Å². The molecule has 0 aliphatic carbocycles. The summed E-state index contributed by atoms with van der Waals surface area (Å²) < 4.78 is 0. The molecule has 2 heterocycles. The first-order chi connectivity index (χ1) is 11.5. The minimum atomic E-state index is -1.61. The molecule has 3 rings (SSSR count). The number of fused-ring (bicyclic) bond motifs is 1. The van der Waals surface area contributed by atoms with Crippen LogP contribution in [0.5, 0.6) is 0 Å². The highest BCUT2D eigenvalue weighted by molar-refractivity contribution is 6.32. The van der Waals surface area contributed by atoms with E-state index in [0.717, 1.165) is 11.5 Å². The Kier molecular flexibility index (Phi) is 4.09. The summed E-state index contributed by atoms with van der Waals surface area (Å²) in [5, 5.41) is 4.76. The minimum Gasteiger partial charge on any atom is -0.293 e. The number of barbiturate groups is 1. The number of rotatable bonds is 3. The summed E-state index contributed by atoms with van der Waals surface area (Å²) in [5.74, 6) is -4.28. The number of benzene rings is 1. The number of aromatic nitrogens is 1. The van der Waals surface area contributed by atoms with E-state index in [1.807, 2.05) is 28.8 Å². The van der Waals surface area contributed by atoms with Crippen LogP contribution >= 0.6 is 11.6 Å². The minimum absolute atomic E-state index is 0.186. The van der Waals surface area contributed by atoms with E-state index >= 15 is 0 Å². The van der Waals surface area contributed by atoms with Gasteiger partial charge in [-0.1, -0.05) is 29.8 Å². The van der Waals surface area contributed by atoms with Gasteiger partial charge in [-0.2, -0.15) is 0 Å². The van der Waals surface area contributed by atoms with Crippen LogP contribution < -0.4 is 10.6 Å². The van der Waals surface area contributed by atoms with Crippen LogP contribution in [-0.2, 0) is 14.4 Å². The maximum Gasteiger partial charge on any atom is 0.328 e. The molecule has 120 valence electrons. The zero-order chi connectivity index (χ0) is 17.3. The van der Waals surface area contributed by atoms with Gasteiger partial charge in [0.15, 0.2) is 11.7 Å². The summed E-state index contributed by atoms with van der Waals surface area (Å²) in [4.78, 5) is 50.5. The summed E-state index contributed by atoms with van der Waals surface area (Å²) in [5.41, 5.74) is 1.17. The predicted molar refractivity (Wildman–Crippen MR) is 86.0 cm³/mol. The fourth-order valence-corrected chi connectivity index (χ4v) is 2.48. The monoisotopic (exact) mass is 343 g/mol. The lowest BCUT2D eigenvalue weighted by atomic mass is 9.99.